The smallest absolute Gasteiger partial charge is 0.258 e. The van der Waals surface area contributed by atoms with E-state index < -0.39 is 0 Å². The summed E-state index contributed by atoms with van der Waals surface area (Å²) in [5.41, 5.74) is 2.96. The Kier molecular flexibility index (Phi) is 4.27. The number of hydrogen-bond donors (Lipinski definition) is 0. The summed E-state index contributed by atoms with van der Waals surface area (Å²) in [6.07, 6.45) is 3.22. The summed E-state index contributed by atoms with van der Waals surface area (Å²) in [7, 11) is 0. The summed E-state index contributed by atoms with van der Waals surface area (Å²) in [6, 6.07) is 10.3. The number of benzene rings is 1. The fourth-order valence-electron chi connectivity index (χ4n) is 2.99. The van der Waals surface area contributed by atoms with Crippen LogP contribution in [-0.2, 0) is 13.0 Å². The van der Waals surface area contributed by atoms with Gasteiger partial charge in [0.15, 0.2) is 0 Å². The first kappa shape index (κ1) is 14.8. The van der Waals surface area contributed by atoms with Gasteiger partial charge in [0.05, 0.1) is 0 Å². The third-order valence-corrected chi connectivity index (χ3v) is 4.47. The molecule has 0 amide bonds. The van der Waals surface area contributed by atoms with Gasteiger partial charge in [-0.25, -0.2) is 4.98 Å². The van der Waals surface area contributed by atoms with Gasteiger partial charge in [0.2, 0.25) is 5.95 Å². The van der Waals surface area contributed by atoms with Gasteiger partial charge in [-0.3, -0.25) is 9.36 Å². The number of hydrogen-bond acceptors (Lipinski definition) is 3. The molecule has 0 atom stereocenters. The predicted octanol–water partition coefficient (Wildman–Crippen LogP) is 2.70. The molecule has 116 valence electrons. The zero-order valence-electron chi connectivity index (χ0n) is 13.4. The molecule has 1 aliphatic heterocycles. The predicted molar refractivity (Wildman–Crippen MR) is 89.6 cm³/mol. The first-order chi connectivity index (χ1) is 10.7. The minimum atomic E-state index is 0.102. The second-order valence-corrected chi connectivity index (χ2v) is 6.01. The van der Waals surface area contributed by atoms with Crippen LogP contribution in [0.5, 0.6) is 0 Å². The molecule has 4 nitrogen and oxygen atoms in total. The molecule has 0 N–H and O–H groups in total. The summed E-state index contributed by atoms with van der Waals surface area (Å²) in [4.78, 5) is 19.7. The second kappa shape index (κ2) is 6.34. The zero-order chi connectivity index (χ0) is 15.5. The van der Waals surface area contributed by atoms with E-state index in [1.807, 2.05) is 36.6 Å². The average molecular weight is 297 g/mol. The Hall–Kier alpha value is -2.10. The first-order valence-corrected chi connectivity index (χ1v) is 8.04. The quantitative estimate of drug-likeness (QED) is 0.871. The number of nitrogens with zero attached hydrogens (tertiary/aromatic N) is 3. The van der Waals surface area contributed by atoms with E-state index >= 15 is 0 Å². The molecular weight excluding hydrogens is 274 g/mol. The fraction of sp³-hybridized carbons (Fsp3) is 0.444. The molecule has 4 heteroatoms. The van der Waals surface area contributed by atoms with Crippen LogP contribution in [0.15, 0.2) is 35.1 Å². The monoisotopic (exact) mass is 297 g/mol. The summed E-state index contributed by atoms with van der Waals surface area (Å²) in [6.45, 7) is 6.48. The van der Waals surface area contributed by atoms with Gasteiger partial charge < -0.3 is 4.90 Å². The highest BCUT2D eigenvalue weighted by Crippen LogP contribution is 2.18. The Balaban J connectivity index is 1.93. The number of aryl methyl sites for hydroxylation is 2. The Bertz CT molecular complexity index is 700. The van der Waals surface area contributed by atoms with E-state index in [-0.39, 0.29) is 5.56 Å². The highest BCUT2D eigenvalue weighted by atomic mass is 16.1. The van der Waals surface area contributed by atoms with Crippen molar-refractivity contribution in [3.8, 4) is 0 Å². The van der Waals surface area contributed by atoms with Crippen LogP contribution in [0.25, 0.3) is 0 Å². The topological polar surface area (TPSA) is 38.1 Å². The lowest BCUT2D eigenvalue weighted by atomic mass is 10.1. The van der Waals surface area contributed by atoms with Crippen molar-refractivity contribution >= 4 is 5.95 Å². The summed E-state index contributed by atoms with van der Waals surface area (Å²) in [5, 5.41) is 0. The van der Waals surface area contributed by atoms with Crippen LogP contribution in [0.4, 0.5) is 5.95 Å². The van der Waals surface area contributed by atoms with Crippen molar-refractivity contribution < 1.29 is 0 Å². The van der Waals surface area contributed by atoms with E-state index in [1.165, 1.54) is 18.4 Å². The first-order valence-electron chi connectivity index (χ1n) is 8.04. The molecule has 1 aliphatic rings. The van der Waals surface area contributed by atoms with Crippen LogP contribution in [0.2, 0.25) is 0 Å². The van der Waals surface area contributed by atoms with Gasteiger partial charge in [-0.1, -0.05) is 30.3 Å². The van der Waals surface area contributed by atoms with Crippen LogP contribution in [-0.4, -0.2) is 22.6 Å². The molecule has 2 heterocycles. The molecule has 2 aromatic rings. The SMILES string of the molecule is Cc1nc(N2CCCC2)n(CCc2ccccc2)c(=O)c1C. The standard InChI is InChI=1S/C18H23N3O/c1-14-15(2)19-18(20-11-6-7-12-20)21(17(14)22)13-10-16-8-4-3-5-9-16/h3-5,8-9H,6-7,10-13H2,1-2H3. The van der Waals surface area contributed by atoms with E-state index in [0.29, 0.717) is 6.54 Å². The molecule has 1 saturated heterocycles. The fourth-order valence-corrected chi connectivity index (χ4v) is 2.99. The molecule has 3 rings (SSSR count). The van der Waals surface area contributed by atoms with Crippen molar-refractivity contribution in [3.63, 3.8) is 0 Å². The van der Waals surface area contributed by atoms with Crippen molar-refractivity contribution in [2.75, 3.05) is 18.0 Å². The van der Waals surface area contributed by atoms with E-state index in [9.17, 15) is 4.79 Å². The minimum Gasteiger partial charge on any atom is -0.342 e. The summed E-state index contributed by atoms with van der Waals surface area (Å²) < 4.78 is 1.86. The molecule has 0 unspecified atom stereocenters. The van der Waals surface area contributed by atoms with Crippen LogP contribution in [0, 0.1) is 13.8 Å². The Labute approximate surface area is 131 Å². The maximum Gasteiger partial charge on any atom is 0.258 e. The Morgan fingerprint density at radius 3 is 2.45 bits per heavy atom. The number of rotatable bonds is 4. The van der Waals surface area contributed by atoms with Crippen molar-refractivity contribution in [2.24, 2.45) is 0 Å². The lowest BCUT2D eigenvalue weighted by Gasteiger charge is -2.22. The van der Waals surface area contributed by atoms with Crippen LogP contribution < -0.4 is 10.5 Å². The highest BCUT2D eigenvalue weighted by molar-refractivity contribution is 5.36. The summed E-state index contributed by atoms with van der Waals surface area (Å²) in [5.74, 6) is 0.849. The van der Waals surface area contributed by atoms with E-state index in [4.69, 9.17) is 4.98 Å². The zero-order valence-corrected chi connectivity index (χ0v) is 13.4. The van der Waals surface area contributed by atoms with Gasteiger partial charge in [0.25, 0.3) is 5.56 Å². The van der Waals surface area contributed by atoms with Gasteiger partial charge >= 0.3 is 0 Å². The average Bonchev–Trinajstić information content (AvgIpc) is 3.07. The third-order valence-electron chi connectivity index (χ3n) is 4.47. The molecule has 0 radical (unpaired) electrons. The number of anilines is 1. The van der Waals surface area contributed by atoms with Crippen LogP contribution in [0.1, 0.15) is 29.7 Å². The molecule has 0 saturated carbocycles. The maximum absolute atomic E-state index is 12.7. The number of aromatic nitrogens is 2. The maximum atomic E-state index is 12.7. The molecule has 1 aromatic carbocycles. The highest BCUT2D eigenvalue weighted by Gasteiger charge is 2.20. The van der Waals surface area contributed by atoms with Gasteiger partial charge in [0.1, 0.15) is 0 Å². The summed E-state index contributed by atoms with van der Waals surface area (Å²) >= 11 is 0. The Morgan fingerprint density at radius 1 is 1.09 bits per heavy atom. The molecular formula is C18H23N3O. The van der Waals surface area contributed by atoms with Crippen molar-refractivity contribution in [2.45, 2.75) is 39.7 Å². The van der Waals surface area contributed by atoms with Crippen molar-refractivity contribution in [1.29, 1.82) is 0 Å². The van der Waals surface area contributed by atoms with Gasteiger partial charge in [0, 0.05) is 30.9 Å². The normalized spacial score (nSPS) is 14.5. The van der Waals surface area contributed by atoms with Crippen LogP contribution in [0.3, 0.4) is 0 Å². The molecule has 22 heavy (non-hydrogen) atoms. The lowest BCUT2D eigenvalue weighted by molar-refractivity contribution is 0.632. The van der Waals surface area contributed by atoms with Gasteiger partial charge in [-0.2, -0.15) is 0 Å². The Morgan fingerprint density at radius 2 is 1.77 bits per heavy atom. The molecule has 0 bridgehead atoms. The lowest BCUT2D eigenvalue weighted by Crippen LogP contribution is -2.33. The van der Waals surface area contributed by atoms with E-state index in [0.717, 1.165) is 36.7 Å². The molecule has 1 fully saturated rings. The van der Waals surface area contributed by atoms with Gasteiger partial charge in [-0.05, 0) is 38.7 Å². The second-order valence-electron chi connectivity index (χ2n) is 6.01. The van der Waals surface area contributed by atoms with E-state index in [1.54, 1.807) is 0 Å². The molecule has 0 aliphatic carbocycles. The third kappa shape index (κ3) is 2.91. The van der Waals surface area contributed by atoms with Crippen molar-refractivity contribution in [1.82, 2.24) is 9.55 Å². The largest absolute Gasteiger partial charge is 0.342 e. The van der Waals surface area contributed by atoms with E-state index in [2.05, 4.69) is 17.0 Å². The van der Waals surface area contributed by atoms with Crippen molar-refractivity contribution in [3.05, 3.63) is 57.5 Å². The molecule has 0 spiro atoms. The molecule has 1 aromatic heterocycles. The van der Waals surface area contributed by atoms with Crippen LogP contribution >= 0.6 is 0 Å². The van der Waals surface area contributed by atoms with Gasteiger partial charge in [-0.15, -0.1) is 0 Å². The minimum absolute atomic E-state index is 0.102.